The summed E-state index contributed by atoms with van der Waals surface area (Å²) in [5.74, 6) is 3.89. The van der Waals surface area contributed by atoms with Crippen LogP contribution in [-0.2, 0) is 6.42 Å². The van der Waals surface area contributed by atoms with E-state index < -0.39 is 17.7 Å². The monoisotopic (exact) mass is 516 g/mol. The molecule has 0 saturated heterocycles. The van der Waals surface area contributed by atoms with Crippen molar-refractivity contribution < 1.29 is 18.6 Å². The molecular formula is C33H50F2O2. The Morgan fingerprint density at radius 1 is 0.757 bits per heavy atom. The Labute approximate surface area is 224 Å². The highest BCUT2D eigenvalue weighted by atomic mass is 19.2. The van der Waals surface area contributed by atoms with Crippen molar-refractivity contribution in [1.29, 1.82) is 0 Å². The van der Waals surface area contributed by atoms with Gasteiger partial charge in [-0.1, -0.05) is 39.0 Å². The highest BCUT2D eigenvalue weighted by Crippen LogP contribution is 2.47. The Morgan fingerprint density at radius 3 is 1.78 bits per heavy atom. The third-order valence-corrected chi connectivity index (χ3v) is 11.1. The molecule has 0 bridgehead atoms. The van der Waals surface area contributed by atoms with E-state index in [9.17, 15) is 13.9 Å². The maximum absolute atomic E-state index is 14.6. The number of ether oxygens (including phenoxy) is 1. The predicted octanol–water partition coefficient (Wildman–Crippen LogP) is 9.32. The Hall–Kier alpha value is -1.16. The lowest BCUT2D eigenvalue weighted by atomic mass is 9.64. The van der Waals surface area contributed by atoms with E-state index in [4.69, 9.17) is 4.74 Å². The Balaban J connectivity index is 1.03. The summed E-state index contributed by atoms with van der Waals surface area (Å²) in [4.78, 5) is 0. The molecule has 1 aromatic rings. The van der Waals surface area contributed by atoms with Crippen molar-refractivity contribution in [2.24, 2.45) is 35.5 Å². The highest BCUT2D eigenvalue weighted by molar-refractivity contribution is 5.42. The van der Waals surface area contributed by atoms with Crippen LogP contribution in [0.4, 0.5) is 8.78 Å². The van der Waals surface area contributed by atoms with Crippen molar-refractivity contribution in [3.63, 3.8) is 0 Å². The summed E-state index contributed by atoms with van der Waals surface area (Å²) in [6.07, 6.45) is 21.3. The molecule has 2 atom stereocenters. The lowest BCUT2D eigenvalue weighted by Crippen LogP contribution is -2.30. The summed E-state index contributed by atoms with van der Waals surface area (Å²) in [5.41, 5.74) is 0.720. The molecule has 0 radical (unpaired) electrons. The maximum Gasteiger partial charge on any atom is 0.201 e. The van der Waals surface area contributed by atoms with E-state index in [1.807, 2.05) is 0 Å². The summed E-state index contributed by atoms with van der Waals surface area (Å²) in [5, 5.41) is 9.75. The fourth-order valence-corrected chi connectivity index (χ4v) is 8.57. The summed E-state index contributed by atoms with van der Waals surface area (Å²) in [7, 11) is 0. The van der Waals surface area contributed by atoms with Gasteiger partial charge in [0.25, 0.3) is 0 Å². The van der Waals surface area contributed by atoms with Gasteiger partial charge in [-0.05, 0) is 131 Å². The van der Waals surface area contributed by atoms with Crippen molar-refractivity contribution in [1.82, 2.24) is 0 Å². The second kappa shape index (κ2) is 12.3. The fourth-order valence-electron chi connectivity index (χ4n) is 8.57. The molecule has 3 saturated carbocycles. The van der Waals surface area contributed by atoms with Gasteiger partial charge in [0.1, 0.15) is 0 Å². The van der Waals surface area contributed by atoms with Crippen LogP contribution in [0.25, 0.3) is 0 Å². The number of hydrogen-bond donors (Lipinski definition) is 1. The number of hydrogen-bond acceptors (Lipinski definition) is 2. The van der Waals surface area contributed by atoms with Crippen molar-refractivity contribution in [3.05, 3.63) is 28.8 Å². The van der Waals surface area contributed by atoms with Gasteiger partial charge in [-0.2, -0.15) is 4.39 Å². The van der Waals surface area contributed by atoms with Gasteiger partial charge < -0.3 is 9.84 Å². The molecular weight excluding hydrogens is 466 g/mol. The molecule has 0 spiro atoms. The van der Waals surface area contributed by atoms with Gasteiger partial charge in [-0.3, -0.25) is 0 Å². The van der Waals surface area contributed by atoms with Crippen LogP contribution in [0.15, 0.2) is 6.07 Å². The highest BCUT2D eigenvalue weighted by Gasteiger charge is 2.35. The maximum atomic E-state index is 14.6. The molecule has 2 unspecified atom stereocenters. The fraction of sp³-hybridized carbons (Fsp3) is 0.818. The summed E-state index contributed by atoms with van der Waals surface area (Å²) in [6, 6.07) is 1.58. The predicted molar refractivity (Wildman–Crippen MR) is 146 cm³/mol. The summed E-state index contributed by atoms with van der Waals surface area (Å²) < 4.78 is 35.0. The quantitative estimate of drug-likeness (QED) is 0.391. The largest absolute Gasteiger partial charge is 0.487 e. The molecule has 3 fully saturated rings. The second-order valence-electron chi connectivity index (χ2n) is 13.3. The number of benzene rings is 1. The van der Waals surface area contributed by atoms with E-state index in [0.717, 1.165) is 54.8 Å². The van der Waals surface area contributed by atoms with Crippen LogP contribution in [-0.4, -0.2) is 11.2 Å². The first-order chi connectivity index (χ1) is 17.9. The zero-order valence-electron chi connectivity index (χ0n) is 23.3. The van der Waals surface area contributed by atoms with E-state index in [1.54, 1.807) is 6.07 Å². The molecule has 1 heterocycles. The molecule has 208 valence electrons. The van der Waals surface area contributed by atoms with Crippen LogP contribution < -0.4 is 4.74 Å². The molecule has 5 rings (SSSR count). The number of aliphatic hydroxyl groups excluding tert-OH is 1. The van der Waals surface area contributed by atoms with Gasteiger partial charge in [-0.15, -0.1) is 0 Å². The van der Waals surface area contributed by atoms with E-state index in [-0.39, 0.29) is 17.4 Å². The molecule has 0 amide bonds. The van der Waals surface area contributed by atoms with Crippen LogP contribution in [0, 0.1) is 47.1 Å². The first-order valence-corrected chi connectivity index (χ1v) is 15.8. The van der Waals surface area contributed by atoms with Crippen LogP contribution in [0.3, 0.4) is 0 Å². The number of aliphatic hydroxyl groups is 1. The van der Waals surface area contributed by atoms with Gasteiger partial charge in [0.2, 0.25) is 5.82 Å². The lowest BCUT2D eigenvalue weighted by Gasteiger charge is -2.41. The molecule has 2 nitrogen and oxygen atoms in total. The third-order valence-electron chi connectivity index (χ3n) is 11.1. The molecule has 37 heavy (non-hydrogen) atoms. The average Bonchev–Trinajstić information content (AvgIpc) is 2.94. The van der Waals surface area contributed by atoms with Crippen LogP contribution in [0.5, 0.6) is 5.75 Å². The van der Waals surface area contributed by atoms with Crippen LogP contribution >= 0.6 is 0 Å². The van der Waals surface area contributed by atoms with Gasteiger partial charge >= 0.3 is 0 Å². The normalized spacial score (nSPS) is 35.4. The first-order valence-electron chi connectivity index (χ1n) is 15.8. The molecule has 4 aliphatic rings. The number of aryl methyl sites for hydroxylation is 1. The Bertz CT molecular complexity index is 875. The number of fused-ring (bicyclic) bond motifs is 1. The minimum Gasteiger partial charge on any atom is -0.487 e. The third kappa shape index (κ3) is 6.36. The van der Waals surface area contributed by atoms with Crippen molar-refractivity contribution >= 4 is 0 Å². The molecule has 1 aromatic carbocycles. The standard InChI is InChI=1S/C33H50F2O2/c1-3-22-4-9-24(10-5-22)26-13-15-27(16-14-26)25-11-6-23(7-12-25)8-18-29-19-17-28-20-30(21(2)36)31(34)32(35)33(28)37-29/h20-27,29,36H,3-19H2,1-2H3. The number of rotatable bonds is 7. The van der Waals surface area contributed by atoms with Crippen molar-refractivity contribution in [3.8, 4) is 5.75 Å². The minimum atomic E-state index is -1.02. The minimum absolute atomic E-state index is 0.0285. The Kier molecular flexibility index (Phi) is 9.15. The van der Waals surface area contributed by atoms with Gasteiger partial charge in [0.15, 0.2) is 11.6 Å². The molecule has 3 aliphatic carbocycles. The smallest absolute Gasteiger partial charge is 0.201 e. The van der Waals surface area contributed by atoms with Crippen molar-refractivity contribution in [2.45, 2.75) is 135 Å². The van der Waals surface area contributed by atoms with Crippen LogP contribution in [0.2, 0.25) is 0 Å². The molecule has 0 aromatic heterocycles. The van der Waals surface area contributed by atoms with E-state index in [0.29, 0.717) is 12.0 Å². The van der Waals surface area contributed by atoms with Gasteiger partial charge in [0, 0.05) is 5.56 Å². The van der Waals surface area contributed by atoms with E-state index in [1.165, 1.54) is 90.4 Å². The zero-order chi connectivity index (χ0) is 25.9. The first kappa shape index (κ1) is 27.4. The second-order valence-corrected chi connectivity index (χ2v) is 13.3. The topological polar surface area (TPSA) is 29.5 Å². The molecule has 4 heteroatoms. The van der Waals surface area contributed by atoms with E-state index >= 15 is 0 Å². The van der Waals surface area contributed by atoms with E-state index in [2.05, 4.69) is 6.92 Å². The molecule has 1 N–H and O–H groups in total. The number of halogens is 2. The van der Waals surface area contributed by atoms with Gasteiger partial charge in [-0.25, -0.2) is 4.39 Å². The summed E-state index contributed by atoms with van der Waals surface area (Å²) >= 11 is 0. The average molecular weight is 517 g/mol. The summed E-state index contributed by atoms with van der Waals surface area (Å²) in [6.45, 7) is 3.83. The lowest BCUT2D eigenvalue weighted by molar-refractivity contribution is 0.0977. The zero-order valence-corrected chi connectivity index (χ0v) is 23.3. The van der Waals surface area contributed by atoms with Crippen LogP contribution in [0.1, 0.15) is 134 Å². The SMILES string of the molecule is CCC1CCC(C2CCC(C3CCC(CCC4CCc5cc(C(C)O)c(F)c(F)c5O4)CC3)CC2)CC1. The Morgan fingerprint density at radius 2 is 1.27 bits per heavy atom. The van der Waals surface area contributed by atoms with Gasteiger partial charge in [0.05, 0.1) is 12.2 Å². The molecule has 1 aliphatic heterocycles. The van der Waals surface area contributed by atoms with Crippen molar-refractivity contribution in [2.75, 3.05) is 0 Å².